The van der Waals surface area contributed by atoms with Crippen molar-refractivity contribution in [1.29, 1.82) is 0 Å². The van der Waals surface area contributed by atoms with E-state index >= 15 is 0 Å². The first-order chi connectivity index (χ1) is 13.3. The molecule has 7 heteroatoms. The van der Waals surface area contributed by atoms with Gasteiger partial charge in [0.15, 0.2) is 0 Å². The highest BCUT2D eigenvalue weighted by Crippen LogP contribution is 2.23. The molecule has 0 aliphatic heterocycles. The highest BCUT2D eigenvalue weighted by atomic mass is 19.1. The minimum absolute atomic E-state index is 0.0194. The number of carbonyl (C=O) groups excluding carboxylic acids is 2. The van der Waals surface area contributed by atoms with Gasteiger partial charge in [-0.1, -0.05) is 18.2 Å². The van der Waals surface area contributed by atoms with Gasteiger partial charge in [0.1, 0.15) is 11.6 Å². The molecule has 1 N–H and O–H groups in total. The van der Waals surface area contributed by atoms with Gasteiger partial charge in [-0.2, -0.15) is 0 Å². The Morgan fingerprint density at radius 2 is 1.82 bits per heavy atom. The van der Waals surface area contributed by atoms with Gasteiger partial charge in [-0.3, -0.25) is 4.79 Å². The molecule has 2 amide bonds. The fourth-order valence-corrected chi connectivity index (χ4v) is 2.81. The summed E-state index contributed by atoms with van der Waals surface area (Å²) < 4.78 is 18.7. The van der Waals surface area contributed by atoms with Crippen molar-refractivity contribution in [3.05, 3.63) is 59.9 Å². The van der Waals surface area contributed by atoms with E-state index in [2.05, 4.69) is 5.32 Å². The average molecular weight is 387 g/mol. The van der Waals surface area contributed by atoms with Crippen molar-refractivity contribution in [3.63, 3.8) is 0 Å². The number of hydrogen-bond donors (Lipinski definition) is 1. The zero-order chi connectivity index (χ0) is 20.7. The number of nitrogens with zero attached hydrogens (tertiary/aromatic N) is 2. The molecule has 0 spiro atoms. The Morgan fingerprint density at radius 3 is 2.36 bits per heavy atom. The highest BCUT2D eigenvalue weighted by Gasteiger charge is 2.16. The van der Waals surface area contributed by atoms with Crippen LogP contribution >= 0.6 is 0 Å². The van der Waals surface area contributed by atoms with Crippen molar-refractivity contribution >= 4 is 17.7 Å². The molecule has 0 radical (unpaired) electrons. The molecule has 2 aromatic carbocycles. The standard InChI is InChI=1S/C21H26FN3O3/c1-15(26)25(18-7-5-6-17(22)14-18)13-12-20(23-2)16-8-10-19(11-9-16)28-21(27)24(3)4/h5-11,14,20,23H,12-13H2,1-4H3. The molecule has 0 aromatic heterocycles. The van der Waals surface area contributed by atoms with Gasteiger partial charge in [0.2, 0.25) is 5.91 Å². The van der Waals surface area contributed by atoms with Gasteiger partial charge in [-0.05, 0) is 49.4 Å². The molecule has 6 nitrogen and oxygen atoms in total. The minimum atomic E-state index is -0.440. The van der Waals surface area contributed by atoms with Crippen LogP contribution in [0.1, 0.15) is 24.9 Å². The summed E-state index contributed by atoms with van der Waals surface area (Å²) in [5, 5.41) is 3.23. The number of hydrogen-bond acceptors (Lipinski definition) is 4. The number of halogens is 1. The van der Waals surface area contributed by atoms with E-state index in [1.54, 1.807) is 43.3 Å². The van der Waals surface area contributed by atoms with Crippen LogP contribution in [-0.2, 0) is 4.79 Å². The van der Waals surface area contributed by atoms with Gasteiger partial charge in [0, 0.05) is 39.3 Å². The molecule has 2 rings (SSSR count). The minimum Gasteiger partial charge on any atom is -0.410 e. The molecule has 0 heterocycles. The summed E-state index contributed by atoms with van der Waals surface area (Å²) >= 11 is 0. The van der Waals surface area contributed by atoms with Crippen molar-refractivity contribution in [2.75, 3.05) is 32.6 Å². The zero-order valence-corrected chi connectivity index (χ0v) is 16.6. The highest BCUT2D eigenvalue weighted by molar-refractivity contribution is 5.91. The first kappa shape index (κ1) is 21.4. The molecule has 0 saturated heterocycles. The maximum Gasteiger partial charge on any atom is 0.414 e. The lowest BCUT2D eigenvalue weighted by atomic mass is 10.0. The van der Waals surface area contributed by atoms with Crippen LogP contribution in [0.2, 0.25) is 0 Å². The molecule has 1 unspecified atom stereocenters. The van der Waals surface area contributed by atoms with Gasteiger partial charge in [-0.15, -0.1) is 0 Å². The number of amides is 2. The van der Waals surface area contributed by atoms with Crippen LogP contribution in [0.5, 0.6) is 5.75 Å². The van der Waals surface area contributed by atoms with Crippen molar-refractivity contribution in [2.24, 2.45) is 0 Å². The normalized spacial score (nSPS) is 11.6. The SMILES string of the molecule is CNC(CCN(C(C)=O)c1cccc(F)c1)c1ccc(OC(=O)N(C)C)cc1. The Labute approximate surface area is 164 Å². The van der Waals surface area contributed by atoms with Crippen molar-refractivity contribution < 1.29 is 18.7 Å². The van der Waals surface area contributed by atoms with Crippen LogP contribution in [0.15, 0.2) is 48.5 Å². The van der Waals surface area contributed by atoms with Gasteiger partial charge in [0.25, 0.3) is 0 Å². The Balaban J connectivity index is 2.06. The lowest BCUT2D eigenvalue weighted by Crippen LogP contribution is -2.32. The molecule has 1 atom stereocenters. The summed E-state index contributed by atoms with van der Waals surface area (Å²) in [6.45, 7) is 1.90. The third-order valence-corrected chi connectivity index (χ3v) is 4.34. The number of benzene rings is 2. The van der Waals surface area contributed by atoms with E-state index in [1.165, 1.54) is 24.0 Å². The lowest BCUT2D eigenvalue weighted by Gasteiger charge is -2.25. The summed E-state index contributed by atoms with van der Waals surface area (Å²) in [5.74, 6) is -0.0643. The van der Waals surface area contributed by atoms with Crippen molar-refractivity contribution in [1.82, 2.24) is 10.2 Å². The van der Waals surface area contributed by atoms with Crippen LogP contribution in [0.4, 0.5) is 14.9 Å². The fraction of sp³-hybridized carbons (Fsp3) is 0.333. The van der Waals surface area contributed by atoms with E-state index in [9.17, 15) is 14.0 Å². The van der Waals surface area contributed by atoms with Gasteiger partial charge >= 0.3 is 6.09 Å². The molecule has 0 aliphatic rings. The summed E-state index contributed by atoms with van der Waals surface area (Å²) in [6.07, 6.45) is 0.189. The second-order valence-electron chi connectivity index (χ2n) is 6.61. The molecular formula is C21H26FN3O3. The van der Waals surface area contributed by atoms with Gasteiger partial charge in [-0.25, -0.2) is 9.18 Å². The van der Waals surface area contributed by atoms with Gasteiger partial charge < -0.3 is 19.9 Å². The Hall–Kier alpha value is -2.93. The summed E-state index contributed by atoms with van der Waals surface area (Å²) in [4.78, 5) is 26.6. The number of nitrogens with one attached hydrogen (secondary N) is 1. The average Bonchev–Trinajstić information content (AvgIpc) is 2.65. The topological polar surface area (TPSA) is 61.9 Å². The Kier molecular flexibility index (Phi) is 7.52. The van der Waals surface area contributed by atoms with Crippen LogP contribution in [0, 0.1) is 5.82 Å². The largest absolute Gasteiger partial charge is 0.414 e. The summed E-state index contributed by atoms with van der Waals surface area (Å²) in [5.41, 5.74) is 1.53. The predicted octanol–water partition coefficient (Wildman–Crippen LogP) is 3.59. The molecule has 28 heavy (non-hydrogen) atoms. The Morgan fingerprint density at radius 1 is 1.14 bits per heavy atom. The third kappa shape index (κ3) is 5.79. The van der Waals surface area contributed by atoms with Crippen LogP contribution in [0.25, 0.3) is 0 Å². The number of rotatable bonds is 7. The van der Waals surface area contributed by atoms with E-state index in [4.69, 9.17) is 4.74 Å². The molecule has 0 saturated carbocycles. The molecular weight excluding hydrogens is 361 g/mol. The third-order valence-electron chi connectivity index (χ3n) is 4.34. The first-order valence-corrected chi connectivity index (χ1v) is 9.02. The van der Waals surface area contributed by atoms with E-state index in [-0.39, 0.29) is 17.8 Å². The monoisotopic (exact) mass is 387 g/mol. The molecule has 0 aliphatic carbocycles. The maximum absolute atomic E-state index is 13.5. The van der Waals surface area contributed by atoms with Crippen molar-refractivity contribution in [2.45, 2.75) is 19.4 Å². The smallest absolute Gasteiger partial charge is 0.410 e. The van der Waals surface area contributed by atoms with E-state index in [1.807, 2.05) is 19.2 Å². The zero-order valence-electron chi connectivity index (χ0n) is 16.6. The molecule has 0 bridgehead atoms. The summed E-state index contributed by atoms with van der Waals surface area (Å²) in [6, 6.07) is 13.2. The number of ether oxygens (including phenoxy) is 1. The number of carbonyl (C=O) groups is 2. The molecule has 150 valence electrons. The van der Waals surface area contributed by atoms with E-state index < -0.39 is 6.09 Å². The fourth-order valence-electron chi connectivity index (χ4n) is 2.81. The quantitative estimate of drug-likeness (QED) is 0.789. The predicted molar refractivity (Wildman–Crippen MR) is 107 cm³/mol. The Bertz CT molecular complexity index is 809. The maximum atomic E-state index is 13.5. The molecule has 2 aromatic rings. The van der Waals surface area contributed by atoms with Crippen LogP contribution in [-0.4, -0.2) is 44.6 Å². The van der Waals surface area contributed by atoms with Crippen molar-refractivity contribution in [3.8, 4) is 5.75 Å². The second kappa shape index (κ2) is 9.85. The van der Waals surface area contributed by atoms with E-state index in [0.29, 0.717) is 24.4 Å². The van der Waals surface area contributed by atoms with Crippen LogP contribution in [0.3, 0.4) is 0 Å². The van der Waals surface area contributed by atoms with E-state index in [0.717, 1.165) is 5.56 Å². The second-order valence-corrected chi connectivity index (χ2v) is 6.61. The number of anilines is 1. The molecule has 0 fully saturated rings. The lowest BCUT2D eigenvalue weighted by molar-refractivity contribution is -0.116. The van der Waals surface area contributed by atoms with Gasteiger partial charge in [0.05, 0.1) is 0 Å². The van der Waals surface area contributed by atoms with Crippen LogP contribution < -0.4 is 15.0 Å². The summed E-state index contributed by atoms with van der Waals surface area (Å²) in [7, 11) is 5.07. The first-order valence-electron chi connectivity index (χ1n) is 9.02.